The first-order valence-electron chi connectivity index (χ1n) is 9.87. The maximum atomic E-state index is 12.8. The molecule has 0 unspecified atom stereocenters. The number of hydrogen-bond donors (Lipinski definition) is 0. The first-order valence-corrected chi connectivity index (χ1v) is 10.2. The van der Waals surface area contributed by atoms with Gasteiger partial charge in [0.1, 0.15) is 5.75 Å². The first kappa shape index (κ1) is 24.5. The number of carbonyl (C=O) groups is 1. The fraction of sp³-hybridized carbons (Fsp3) is 0.318. The number of ether oxygens (including phenoxy) is 1. The van der Waals surface area contributed by atoms with Crippen molar-refractivity contribution in [3.05, 3.63) is 69.2 Å². The quantitative estimate of drug-likeness (QED) is 0.285. The Bertz CT molecular complexity index is 1200. The number of benzene rings is 2. The van der Waals surface area contributed by atoms with Gasteiger partial charge in [0.2, 0.25) is 5.89 Å². The second-order valence-corrected chi connectivity index (χ2v) is 8.83. The number of quaternary nitrogens is 1. The van der Waals surface area contributed by atoms with Crippen molar-refractivity contribution in [3.8, 4) is 17.2 Å². The highest BCUT2D eigenvalue weighted by atomic mass is 35.5. The molecule has 0 spiro atoms. The zero-order valence-corrected chi connectivity index (χ0v) is 18.9. The van der Waals surface area contributed by atoms with Gasteiger partial charge < -0.3 is 13.6 Å². The summed E-state index contributed by atoms with van der Waals surface area (Å²) in [7, 11) is 5.85. The molecule has 0 bridgehead atoms. The number of halogens is 4. The summed E-state index contributed by atoms with van der Waals surface area (Å²) < 4.78 is 50.4. The number of alkyl halides is 3. The molecule has 0 saturated heterocycles. The average Bonchev–Trinajstić information content (AvgIpc) is 3.08. The van der Waals surface area contributed by atoms with Crippen molar-refractivity contribution < 1.29 is 31.6 Å². The van der Waals surface area contributed by atoms with E-state index in [2.05, 4.69) is 5.10 Å². The van der Waals surface area contributed by atoms with Crippen molar-refractivity contribution in [2.45, 2.75) is 19.1 Å². The van der Waals surface area contributed by atoms with E-state index in [0.29, 0.717) is 21.6 Å². The third-order valence-electron chi connectivity index (χ3n) is 4.62. The van der Waals surface area contributed by atoms with Crippen LogP contribution in [-0.4, -0.2) is 47.9 Å². The predicted octanol–water partition coefficient (Wildman–Crippen LogP) is 4.23. The number of carbonyl (C=O) groups excluding carboxylic acids is 1. The topological polar surface area (TPSA) is 74.3 Å². The average molecular weight is 485 g/mol. The van der Waals surface area contributed by atoms with Gasteiger partial charge in [0.05, 0.1) is 46.2 Å². The van der Waals surface area contributed by atoms with E-state index in [1.54, 1.807) is 6.07 Å². The lowest BCUT2D eigenvalue weighted by Crippen LogP contribution is -2.37. The van der Waals surface area contributed by atoms with Crippen LogP contribution in [0.1, 0.15) is 17.5 Å². The van der Waals surface area contributed by atoms with E-state index in [1.165, 1.54) is 24.3 Å². The van der Waals surface area contributed by atoms with Crippen LogP contribution < -0.4 is 10.5 Å². The standard InChI is InChI=1S/C22H22ClF3N3O4/c1-29(2,3)11-10-19(30)32-18-9-8-17(23)12-15(18)13-28-21(31)33-20(27-28)14-4-6-16(7-5-14)22(24,25)26/h4-9,12H,10-11,13H2,1-3H3/q+1. The predicted molar refractivity (Wildman–Crippen MR) is 115 cm³/mol. The van der Waals surface area contributed by atoms with Gasteiger partial charge >= 0.3 is 17.9 Å². The molecule has 7 nitrogen and oxygen atoms in total. The Balaban J connectivity index is 1.81. The van der Waals surface area contributed by atoms with Gasteiger partial charge in [-0.3, -0.25) is 4.79 Å². The monoisotopic (exact) mass is 484 g/mol. The molecule has 2 aromatic carbocycles. The fourth-order valence-electron chi connectivity index (χ4n) is 2.86. The van der Waals surface area contributed by atoms with Gasteiger partial charge in [-0.25, -0.2) is 4.79 Å². The Morgan fingerprint density at radius 2 is 1.82 bits per heavy atom. The molecule has 0 saturated carbocycles. The summed E-state index contributed by atoms with van der Waals surface area (Å²) in [5, 5.41) is 4.41. The molecule has 11 heteroatoms. The van der Waals surface area contributed by atoms with Gasteiger partial charge in [-0.15, -0.1) is 5.10 Å². The van der Waals surface area contributed by atoms with E-state index in [-0.39, 0.29) is 30.2 Å². The van der Waals surface area contributed by atoms with Gasteiger partial charge in [0.15, 0.2) is 0 Å². The van der Waals surface area contributed by atoms with Gasteiger partial charge in [-0.1, -0.05) is 11.6 Å². The highest BCUT2D eigenvalue weighted by Gasteiger charge is 2.30. The number of aromatic nitrogens is 2. The Morgan fingerprint density at radius 1 is 1.15 bits per heavy atom. The van der Waals surface area contributed by atoms with Gasteiger partial charge in [0.25, 0.3) is 0 Å². The van der Waals surface area contributed by atoms with Crippen LogP contribution in [0.25, 0.3) is 11.5 Å². The molecule has 33 heavy (non-hydrogen) atoms. The van der Waals surface area contributed by atoms with Crippen LogP contribution in [0.4, 0.5) is 13.2 Å². The van der Waals surface area contributed by atoms with E-state index in [0.717, 1.165) is 16.8 Å². The third kappa shape index (κ3) is 6.69. The summed E-state index contributed by atoms with van der Waals surface area (Å²) >= 11 is 6.07. The summed E-state index contributed by atoms with van der Waals surface area (Å²) in [6.45, 7) is 0.447. The van der Waals surface area contributed by atoms with Gasteiger partial charge in [0, 0.05) is 16.1 Å². The summed E-state index contributed by atoms with van der Waals surface area (Å²) in [4.78, 5) is 24.5. The van der Waals surface area contributed by atoms with Crippen molar-refractivity contribution in [3.63, 3.8) is 0 Å². The number of hydrogen-bond acceptors (Lipinski definition) is 5. The molecule has 0 atom stereocenters. The highest BCUT2D eigenvalue weighted by molar-refractivity contribution is 6.30. The molecule has 0 aliphatic carbocycles. The number of esters is 1. The number of nitrogens with zero attached hydrogens (tertiary/aromatic N) is 3. The summed E-state index contributed by atoms with van der Waals surface area (Å²) in [5.74, 6) is -1.19. The molecule has 0 N–H and O–H groups in total. The van der Waals surface area contributed by atoms with Gasteiger partial charge in [-0.05, 0) is 42.5 Å². The van der Waals surface area contributed by atoms with E-state index < -0.39 is 23.5 Å². The Hall–Kier alpha value is -3.11. The van der Waals surface area contributed by atoms with Crippen molar-refractivity contribution in [2.24, 2.45) is 0 Å². The lowest BCUT2D eigenvalue weighted by Gasteiger charge is -2.23. The van der Waals surface area contributed by atoms with Crippen LogP contribution >= 0.6 is 11.6 Å². The molecule has 1 heterocycles. The second kappa shape index (κ2) is 9.40. The molecule has 3 rings (SSSR count). The minimum atomic E-state index is -4.48. The molecular formula is C22H22ClF3N3O4+. The zero-order valence-electron chi connectivity index (χ0n) is 18.1. The van der Waals surface area contributed by atoms with Crippen molar-refractivity contribution in [1.82, 2.24) is 9.78 Å². The van der Waals surface area contributed by atoms with Crippen LogP contribution in [0.3, 0.4) is 0 Å². The molecule has 3 aromatic rings. The third-order valence-corrected chi connectivity index (χ3v) is 4.85. The van der Waals surface area contributed by atoms with Crippen LogP contribution in [0, 0.1) is 0 Å². The maximum absolute atomic E-state index is 12.8. The van der Waals surface area contributed by atoms with E-state index in [1.807, 2.05) is 21.1 Å². The van der Waals surface area contributed by atoms with Crippen molar-refractivity contribution in [2.75, 3.05) is 27.7 Å². The summed E-state index contributed by atoms with van der Waals surface area (Å²) in [6.07, 6.45) is -4.29. The molecule has 0 aliphatic rings. The van der Waals surface area contributed by atoms with Crippen LogP contribution in [0.2, 0.25) is 5.02 Å². The molecule has 0 fully saturated rings. The van der Waals surface area contributed by atoms with E-state index >= 15 is 0 Å². The smallest absolute Gasteiger partial charge is 0.426 e. The second-order valence-electron chi connectivity index (χ2n) is 8.40. The largest absolute Gasteiger partial charge is 0.437 e. The Morgan fingerprint density at radius 3 is 2.42 bits per heavy atom. The molecule has 0 radical (unpaired) electrons. The van der Waals surface area contributed by atoms with E-state index in [4.69, 9.17) is 20.8 Å². The summed E-state index contributed by atoms with van der Waals surface area (Å²) in [5.41, 5.74) is -0.212. The van der Waals surface area contributed by atoms with Gasteiger partial charge in [-0.2, -0.15) is 17.9 Å². The maximum Gasteiger partial charge on any atom is 0.437 e. The lowest BCUT2D eigenvalue weighted by molar-refractivity contribution is -0.869. The Kier molecular flexibility index (Phi) is 6.99. The SMILES string of the molecule is C[N+](C)(C)CCC(=O)Oc1ccc(Cl)cc1Cn1nc(-c2ccc(C(F)(F)F)cc2)oc1=O. The van der Waals surface area contributed by atoms with Crippen LogP contribution in [0.5, 0.6) is 5.75 Å². The molecular weight excluding hydrogens is 463 g/mol. The first-order chi connectivity index (χ1) is 15.3. The minimum Gasteiger partial charge on any atom is -0.426 e. The van der Waals surface area contributed by atoms with Crippen LogP contribution in [-0.2, 0) is 17.5 Å². The molecule has 0 aliphatic heterocycles. The summed E-state index contributed by atoms with van der Waals surface area (Å²) in [6, 6.07) is 8.68. The zero-order chi connectivity index (χ0) is 24.4. The van der Waals surface area contributed by atoms with Crippen LogP contribution in [0.15, 0.2) is 51.7 Å². The Labute approximate surface area is 192 Å². The molecule has 176 valence electrons. The molecule has 1 aromatic heterocycles. The minimum absolute atomic E-state index is 0.124. The highest BCUT2D eigenvalue weighted by Crippen LogP contribution is 2.30. The normalized spacial score (nSPS) is 12.1. The van der Waals surface area contributed by atoms with Crippen molar-refractivity contribution in [1.29, 1.82) is 0 Å². The number of rotatable bonds is 7. The molecule has 0 amide bonds. The van der Waals surface area contributed by atoms with Crippen molar-refractivity contribution >= 4 is 17.6 Å². The fourth-order valence-corrected chi connectivity index (χ4v) is 3.05. The lowest BCUT2D eigenvalue weighted by atomic mass is 10.1. The van der Waals surface area contributed by atoms with E-state index in [9.17, 15) is 22.8 Å².